The molecule has 0 radical (unpaired) electrons. The number of nitrogens with one attached hydrogen (secondary N) is 1. The molecule has 4 heteroatoms. The fourth-order valence-corrected chi connectivity index (χ4v) is 2.70. The summed E-state index contributed by atoms with van der Waals surface area (Å²) in [6.45, 7) is 2.56. The second kappa shape index (κ2) is 4.77. The van der Waals surface area contributed by atoms with E-state index in [1.54, 1.807) is 0 Å². The number of carbonyl (C=O) groups excluding carboxylic acids is 2. The summed E-state index contributed by atoms with van der Waals surface area (Å²) in [6, 6.07) is 0. The van der Waals surface area contributed by atoms with Crippen LogP contribution in [0.25, 0.3) is 0 Å². The van der Waals surface area contributed by atoms with Gasteiger partial charge >= 0.3 is 0 Å². The third kappa shape index (κ3) is 2.68. The van der Waals surface area contributed by atoms with Crippen LogP contribution in [0.5, 0.6) is 0 Å². The lowest BCUT2D eigenvalue weighted by Crippen LogP contribution is -2.48. The Bertz CT molecular complexity index is 321. The van der Waals surface area contributed by atoms with Crippen LogP contribution >= 0.6 is 0 Å². The van der Waals surface area contributed by atoms with Crippen LogP contribution in [0.2, 0.25) is 0 Å². The van der Waals surface area contributed by atoms with Crippen LogP contribution in [-0.2, 0) is 9.59 Å². The Hall–Kier alpha value is -0.900. The van der Waals surface area contributed by atoms with Gasteiger partial charge in [0.05, 0.1) is 12.0 Å². The van der Waals surface area contributed by atoms with Gasteiger partial charge in [-0.25, -0.2) is 0 Å². The Labute approximate surface area is 102 Å². The van der Waals surface area contributed by atoms with E-state index in [4.69, 9.17) is 0 Å². The van der Waals surface area contributed by atoms with E-state index in [1.807, 2.05) is 6.92 Å². The topological polar surface area (TPSA) is 66.4 Å². The van der Waals surface area contributed by atoms with Crippen molar-refractivity contribution in [2.45, 2.75) is 51.6 Å². The Morgan fingerprint density at radius 3 is 2.76 bits per heavy atom. The van der Waals surface area contributed by atoms with Gasteiger partial charge in [-0.3, -0.25) is 9.59 Å². The molecule has 1 amide bonds. The molecule has 0 bridgehead atoms. The number of Topliss-reactive ketones (excluding diaryl/α,β-unsaturated/α-hetero) is 1. The fourth-order valence-electron chi connectivity index (χ4n) is 2.70. The molecule has 2 unspecified atom stereocenters. The van der Waals surface area contributed by atoms with Crippen LogP contribution in [-0.4, -0.2) is 29.4 Å². The average molecular weight is 239 g/mol. The molecular weight excluding hydrogens is 218 g/mol. The number of ketones is 1. The molecule has 96 valence electrons. The first-order chi connectivity index (χ1) is 8.01. The zero-order chi connectivity index (χ0) is 12.5. The largest absolute Gasteiger partial charge is 0.392 e. The van der Waals surface area contributed by atoms with Crippen molar-refractivity contribution >= 4 is 11.7 Å². The molecule has 2 saturated carbocycles. The van der Waals surface area contributed by atoms with Crippen molar-refractivity contribution in [3.05, 3.63) is 0 Å². The van der Waals surface area contributed by atoms with Crippen molar-refractivity contribution in [1.82, 2.24) is 5.32 Å². The molecule has 0 aliphatic heterocycles. The van der Waals surface area contributed by atoms with Crippen molar-refractivity contribution in [1.29, 1.82) is 0 Å². The Morgan fingerprint density at radius 2 is 2.18 bits per heavy atom. The predicted molar refractivity (Wildman–Crippen MR) is 63.3 cm³/mol. The maximum atomic E-state index is 11.7. The normalized spacial score (nSPS) is 34.2. The molecule has 2 rings (SSSR count). The SMILES string of the molecule is CC1(CNC(=O)C2CC(=O)C2)CCCCC1O. The minimum absolute atomic E-state index is 0.0244. The number of hydrogen-bond donors (Lipinski definition) is 2. The highest BCUT2D eigenvalue weighted by molar-refractivity contribution is 5.96. The lowest BCUT2D eigenvalue weighted by atomic mass is 9.73. The molecule has 0 heterocycles. The van der Waals surface area contributed by atoms with E-state index in [-0.39, 0.29) is 29.1 Å². The van der Waals surface area contributed by atoms with Gasteiger partial charge < -0.3 is 10.4 Å². The summed E-state index contributed by atoms with van der Waals surface area (Å²) < 4.78 is 0. The first-order valence-electron chi connectivity index (χ1n) is 6.49. The molecule has 17 heavy (non-hydrogen) atoms. The molecule has 0 saturated heterocycles. The van der Waals surface area contributed by atoms with Crippen LogP contribution in [0.1, 0.15) is 45.4 Å². The van der Waals surface area contributed by atoms with E-state index in [2.05, 4.69) is 5.32 Å². The van der Waals surface area contributed by atoms with Crippen LogP contribution in [0.4, 0.5) is 0 Å². The van der Waals surface area contributed by atoms with E-state index in [1.165, 1.54) is 0 Å². The van der Waals surface area contributed by atoms with Gasteiger partial charge in [-0.2, -0.15) is 0 Å². The van der Waals surface area contributed by atoms with Gasteiger partial charge in [0, 0.05) is 24.8 Å². The van der Waals surface area contributed by atoms with Crippen LogP contribution in [0, 0.1) is 11.3 Å². The molecular formula is C13H21NO3. The summed E-state index contributed by atoms with van der Waals surface area (Å²) in [5, 5.41) is 12.9. The Balaban J connectivity index is 1.80. The van der Waals surface area contributed by atoms with Crippen molar-refractivity contribution in [3.8, 4) is 0 Å². The fraction of sp³-hybridized carbons (Fsp3) is 0.846. The monoisotopic (exact) mass is 239 g/mol. The summed E-state index contributed by atoms with van der Waals surface area (Å²) in [6.07, 6.45) is 4.44. The molecule has 2 N–H and O–H groups in total. The molecule has 4 nitrogen and oxygen atoms in total. The van der Waals surface area contributed by atoms with Crippen molar-refractivity contribution in [2.24, 2.45) is 11.3 Å². The highest BCUT2D eigenvalue weighted by Gasteiger charge is 2.37. The molecule has 0 spiro atoms. The first kappa shape index (κ1) is 12.6. The minimum atomic E-state index is -0.320. The summed E-state index contributed by atoms with van der Waals surface area (Å²) >= 11 is 0. The number of hydrogen-bond acceptors (Lipinski definition) is 3. The third-order valence-electron chi connectivity index (χ3n) is 4.27. The molecule has 2 aliphatic rings. The zero-order valence-corrected chi connectivity index (χ0v) is 10.4. The molecule has 0 aromatic heterocycles. The zero-order valence-electron chi connectivity index (χ0n) is 10.4. The van der Waals surface area contributed by atoms with E-state index in [0.29, 0.717) is 19.4 Å². The lowest BCUT2D eigenvalue weighted by Gasteiger charge is -2.39. The number of rotatable bonds is 3. The summed E-state index contributed by atoms with van der Waals surface area (Å²) in [4.78, 5) is 22.5. The van der Waals surface area contributed by atoms with Gasteiger partial charge in [0.2, 0.25) is 5.91 Å². The van der Waals surface area contributed by atoms with Gasteiger partial charge in [-0.05, 0) is 12.8 Å². The third-order valence-corrected chi connectivity index (χ3v) is 4.27. The highest BCUT2D eigenvalue weighted by Crippen LogP contribution is 2.35. The van der Waals surface area contributed by atoms with Crippen molar-refractivity contribution < 1.29 is 14.7 Å². The van der Waals surface area contributed by atoms with Crippen LogP contribution in [0.3, 0.4) is 0 Å². The number of aliphatic hydroxyl groups is 1. The summed E-state index contributed by atoms with van der Waals surface area (Å²) in [5.74, 6) is 0.0319. The summed E-state index contributed by atoms with van der Waals surface area (Å²) in [7, 11) is 0. The van der Waals surface area contributed by atoms with Gasteiger partial charge in [0.15, 0.2) is 0 Å². The second-order valence-electron chi connectivity index (χ2n) is 5.78. The van der Waals surface area contributed by atoms with Crippen molar-refractivity contribution in [3.63, 3.8) is 0 Å². The first-order valence-corrected chi connectivity index (χ1v) is 6.49. The van der Waals surface area contributed by atoms with Crippen LogP contribution < -0.4 is 5.32 Å². The Kier molecular flexibility index (Phi) is 3.52. The summed E-state index contributed by atoms with van der Waals surface area (Å²) in [5.41, 5.74) is -0.193. The van der Waals surface area contributed by atoms with Gasteiger partial charge in [0.25, 0.3) is 0 Å². The maximum absolute atomic E-state index is 11.7. The maximum Gasteiger partial charge on any atom is 0.224 e. The van der Waals surface area contributed by atoms with E-state index in [0.717, 1.165) is 25.7 Å². The number of amides is 1. The number of aliphatic hydroxyl groups excluding tert-OH is 1. The Morgan fingerprint density at radius 1 is 1.47 bits per heavy atom. The van der Waals surface area contributed by atoms with E-state index in [9.17, 15) is 14.7 Å². The molecule has 2 atom stereocenters. The van der Waals surface area contributed by atoms with E-state index >= 15 is 0 Å². The molecule has 2 fully saturated rings. The number of carbonyl (C=O) groups is 2. The standard InChI is InChI=1S/C13H21NO3/c1-13(5-3-2-4-11(13)16)8-14-12(17)9-6-10(15)7-9/h9,11,16H,2-8H2,1H3,(H,14,17). The molecule has 0 aromatic rings. The smallest absolute Gasteiger partial charge is 0.224 e. The second-order valence-corrected chi connectivity index (χ2v) is 5.78. The average Bonchev–Trinajstić information content (AvgIpc) is 2.26. The van der Waals surface area contributed by atoms with Gasteiger partial charge in [-0.15, -0.1) is 0 Å². The quantitative estimate of drug-likeness (QED) is 0.773. The molecule has 0 aromatic carbocycles. The lowest BCUT2D eigenvalue weighted by molar-refractivity contribution is -0.138. The van der Waals surface area contributed by atoms with Crippen LogP contribution in [0.15, 0.2) is 0 Å². The molecule has 2 aliphatic carbocycles. The van der Waals surface area contributed by atoms with E-state index < -0.39 is 0 Å². The van der Waals surface area contributed by atoms with Gasteiger partial charge in [-0.1, -0.05) is 19.8 Å². The minimum Gasteiger partial charge on any atom is -0.392 e. The van der Waals surface area contributed by atoms with Crippen molar-refractivity contribution in [2.75, 3.05) is 6.54 Å². The predicted octanol–water partition coefficient (Wildman–Crippen LogP) is 1.02. The highest BCUT2D eigenvalue weighted by atomic mass is 16.3. The van der Waals surface area contributed by atoms with Gasteiger partial charge in [0.1, 0.15) is 5.78 Å².